The van der Waals surface area contributed by atoms with Gasteiger partial charge in [-0.2, -0.15) is 5.10 Å². The summed E-state index contributed by atoms with van der Waals surface area (Å²) < 4.78 is 1.77. The van der Waals surface area contributed by atoms with E-state index in [9.17, 15) is 0 Å². The summed E-state index contributed by atoms with van der Waals surface area (Å²) in [5, 5.41) is 9.36. The van der Waals surface area contributed by atoms with Crippen molar-refractivity contribution >= 4 is 34.1 Å². The highest BCUT2D eigenvalue weighted by molar-refractivity contribution is 6.30. The number of anilines is 2. The minimum Gasteiger partial charge on any atom is -0.340 e. The average Bonchev–Trinajstić information content (AvgIpc) is 3.13. The van der Waals surface area contributed by atoms with Crippen molar-refractivity contribution in [1.82, 2.24) is 19.7 Å². The Kier molecular flexibility index (Phi) is 5.03. The number of halogens is 1. The molecule has 2 heterocycles. The van der Waals surface area contributed by atoms with Crippen LogP contribution in [0.15, 0.2) is 61.1 Å². The molecule has 2 aromatic carbocycles. The smallest absolute Gasteiger partial charge is 0.168 e. The monoisotopic (exact) mass is 377 g/mol. The first-order chi connectivity index (χ1) is 13.2. The quantitative estimate of drug-likeness (QED) is 0.478. The van der Waals surface area contributed by atoms with E-state index in [0.717, 1.165) is 34.6 Å². The van der Waals surface area contributed by atoms with Crippen molar-refractivity contribution in [3.63, 3.8) is 0 Å². The van der Waals surface area contributed by atoms with Crippen molar-refractivity contribution in [1.29, 1.82) is 0 Å². The third-order valence-electron chi connectivity index (χ3n) is 4.45. The molecule has 0 radical (unpaired) electrons. The normalized spacial score (nSPS) is 11.0. The largest absolute Gasteiger partial charge is 0.340 e. The van der Waals surface area contributed by atoms with Crippen LogP contribution < -0.4 is 5.32 Å². The summed E-state index contributed by atoms with van der Waals surface area (Å²) in [5.74, 6) is 0.731. The molecule has 27 heavy (non-hydrogen) atoms. The Labute approximate surface area is 163 Å². The van der Waals surface area contributed by atoms with Crippen molar-refractivity contribution in [2.24, 2.45) is 0 Å². The molecule has 0 atom stereocenters. The summed E-state index contributed by atoms with van der Waals surface area (Å²) in [6, 6.07) is 16.0. The predicted octanol–water partition coefficient (Wildman–Crippen LogP) is 5.56. The van der Waals surface area contributed by atoms with Gasteiger partial charge in [-0.15, -0.1) is 0 Å². The average molecular weight is 378 g/mol. The van der Waals surface area contributed by atoms with Crippen LogP contribution >= 0.6 is 11.6 Å². The van der Waals surface area contributed by atoms with Crippen LogP contribution in [0.5, 0.6) is 0 Å². The lowest BCUT2D eigenvalue weighted by Gasteiger charge is -2.08. The van der Waals surface area contributed by atoms with Crippen molar-refractivity contribution in [3.8, 4) is 5.69 Å². The molecular formula is C21H20ClN5. The molecule has 0 amide bonds. The van der Waals surface area contributed by atoms with Crippen molar-refractivity contribution in [3.05, 3.63) is 71.6 Å². The molecule has 136 valence electrons. The first-order valence-corrected chi connectivity index (χ1v) is 9.43. The number of fused-ring (bicyclic) bond motifs is 1. The van der Waals surface area contributed by atoms with Crippen LogP contribution in [-0.2, 0) is 6.42 Å². The fourth-order valence-electron chi connectivity index (χ4n) is 3.01. The molecule has 4 aromatic rings. The Bertz CT molecular complexity index is 1060. The number of benzene rings is 2. The summed E-state index contributed by atoms with van der Waals surface area (Å²) in [5.41, 5.74) is 3.94. The Hall–Kier alpha value is -2.92. The van der Waals surface area contributed by atoms with Crippen LogP contribution in [0, 0.1) is 0 Å². The van der Waals surface area contributed by atoms with Crippen LogP contribution in [0.3, 0.4) is 0 Å². The zero-order valence-corrected chi connectivity index (χ0v) is 15.8. The minimum atomic E-state index is 0.659. The van der Waals surface area contributed by atoms with E-state index in [2.05, 4.69) is 51.6 Å². The zero-order valence-electron chi connectivity index (χ0n) is 15.1. The molecular weight excluding hydrogens is 358 g/mol. The summed E-state index contributed by atoms with van der Waals surface area (Å²) in [6.45, 7) is 2.21. The fourth-order valence-corrected chi connectivity index (χ4v) is 3.20. The number of hydrogen-bond acceptors (Lipinski definition) is 4. The molecule has 0 unspecified atom stereocenters. The predicted molar refractivity (Wildman–Crippen MR) is 110 cm³/mol. The van der Waals surface area contributed by atoms with Gasteiger partial charge in [0.25, 0.3) is 0 Å². The molecule has 0 spiro atoms. The van der Waals surface area contributed by atoms with Crippen LogP contribution in [0.1, 0.15) is 25.3 Å². The summed E-state index contributed by atoms with van der Waals surface area (Å²) in [6.07, 6.45) is 6.84. The van der Waals surface area contributed by atoms with E-state index in [4.69, 9.17) is 11.6 Å². The highest BCUT2D eigenvalue weighted by Gasteiger charge is 2.11. The molecule has 0 aliphatic rings. The van der Waals surface area contributed by atoms with E-state index in [1.54, 1.807) is 17.2 Å². The number of rotatable bonds is 6. The van der Waals surface area contributed by atoms with E-state index < -0.39 is 0 Å². The molecule has 0 saturated carbocycles. The number of nitrogens with one attached hydrogen (secondary N) is 1. The molecule has 4 rings (SSSR count). The molecule has 0 aliphatic heterocycles. The van der Waals surface area contributed by atoms with Gasteiger partial charge >= 0.3 is 0 Å². The third-order valence-corrected chi connectivity index (χ3v) is 4.69. The van der Waals surface area contributed by atoms with E-state index in [1.807, 2.05) is 24.3 Å². The summed E-state index contributed by atoms with van der Waals surface area (Å²) in [4.78, 5) is 8.80. The Balaban J connectivity index is 1.63. The number of aromatic nitrogens is 4. The van der Waals surface area contributed by atoms with Crippen LogP contribution in [0.2, 0.25) is 5.02 Å². The second-order valence-corrected chi connectivity index (χ2v) is 6.86. The molecule has 0 fully saturated rings. The highest BCUT2D eigenvalue weighted by atomic mass is 35.5. The van der Waals surface area contributed by atoms with Crippen molar-refractivity contribution < 1.29 is 0 Å². The second kappa shape index (κ2) is 7.76. The Morgan fingerprint density at radius 1 is 1.07 bits per heavy atom. The molecule has 0 aliphatic carbocycles. The number of unbranched alkanes of at least 4 members (excludes halogenated alkanes) is 1. The van der Waals surface area contributed by atoms with Gasteiger partial charge in [0.2, 0.25) is 0 Å². The van der Waals surface area contributed by atoms with E-state index in [-0.39, 0.29) is 0 Å². The van der Waals surface area contributed by atoms with Gasteiger partial charge in [-0.25, -0.2) is 14.6 Å². The van der Waals surface area contributed by atoms with Crippen LogP contribution in [0.4, 0.5) is 11.5 Å². The Morgan fingerprint density at radius 2 is 1.93 bits per heavy atom. The SMILES string of the molecule is CCCCc1ccc(Nc2ncnc3c2cnn3-c2cccc(Cl)c2)cc1. The molecule has 0 bridgehead atoms. The maximum atomic E-state index is 6.11. The fraction of sp³-hybridized carbons (Fsp3) is 0.190. The standard InChI is InChI=1S/C21H20ClN5/c1-2-3-5-15-8-10-17(11-9-15)26-20-19-13-25-27(21(19)24-14-23-20)18-7-4-6-16(22)12-18/h4,6-14H,2-3,5H2,1H3,(H,23,24,26). The maximum absolute atomic E-state index is 6.11. The summed E-state index contributed by atoms with van der Waals surface area (Å²) in [7, 11) is 0. The van der Waals surface area contributed by atoms with Gasteiger partial charge in [-0.1, -0.05) is 43.1 Å². The van der Waals surface area contributed by atoms with E-state index in [1.165, 1.54) is 18.4 Å². The van der Waals surface area contributed by atoms with Gasteiger partial charge in [0.05, 0.1) is 17.3 Å². The first-order valence-electron chi connectivity index (χ1n) is 9.05. The summed E-state index contributed by atoms with van der Waals surface area (Å²) >= 11 is 6.11. The second-order valence-electron chi connectivity index (χ2n) is 6.42. The van der Waals surface area contributed by atoms with Crippen LogP contribution in [0.25, 0.3) is 16.7 Å². The molecule has 5 nitrogen and oxygen atoms in total. The number of hydrogen-bond donors (Lipinski definition) is 1. The lowest BCUT2D eigenvalue weighted by molar-refractivity contribution is 0.795. The molecule has 0 saturated heterocycles. The lowest BCUT2D eigenvalue weighted by Crippen LogP contribution is -1.99. The molecule has 1 N–H and O–H groups in total. The van der Waals surface area contributed by atoms with E-state index >= 15 is 0 Å². The van der Waals surface area contributed by atoms with Gasteiger partial charge in [0, 0.05) is 10.7 Å². The van der Waals surface area contributed by atoms with Gasteiger partial charge in [0.15, 0.2) is 5.65 Å². The highest BCUT2D eigenvalue weighted by Crippen LogP contribution is 2.25. The Morgan fingerprint density at radius 3 is 2.70 bits per heavy atom. The van der Waals surface area contributed by atoms with Gasteiger partial charge < -0.3 is 5.32 Å². The van der Waals surface area contributed by atoms with Crippen molar-refractivity contribution in [2.75, 3.05) is 5.32 Å². The van der Waals surface area contributed by atoms with Gasteiger partial charge in [0.1, 0.15) is 12.1 Å². The van der Waals surface area contributed by atoms with Crippen molar-refractivity contribution in [2.45, 2.75) is 26.2 Å². The topological polar surface area (TPSA) is 55.6 Å². The molecule has 2 aromatic heterocycles. The van der Waals surface area contributed by atoms with Gasteiger partial charge in [-0.3, -0.25) is 0 Å². The van der Waals surface area contributed by atoms with Crippen LogP contribution in [-0.4, -0.2) is 19.7 Å². The van der Waals surface area contributed by atoms with Gasteiger partial charge in [-0.05, 0) is 48.7 Å². The zero-order chi connectivity index (χ0) is 18.6. The lowest BCUT2D eigenvalue weighted by atomic mass is 10.1. The van der Waals surface area contributed by atoms with E-state index in [0.29, 0.717) is 5.02 Å². The minimum absolute atomic E-state index is 0.659. The number of nitrogens with zero attached hydrogens (tertiary/aromatic N) is 4. The number of aryl methyl sites for hydroxylation is 1. The first kappa shape index (κ1) is 17.5. The molecule has 6 heteroatoms. The third kappa shape index (κ3) is 3.78. The maximum Gasteiger partial charge on any atom is 0.168 e.